The number of hydrogen-bond donors (Lipinski definition) is 1. The molecule has 31 heavy (non-hydrogen) atoms. The van der Waals surface area contributed by atoms with Gasteiger partial charge in [-0.15, -0.1) is 0 Å². The summed E-state index contributed by atoms with van der Waals surface area (Å²) in [4.78, 5) is 48.5. The Morgan fingerprint density at radius 1 is 0.968 bits per heavy atom. The van der Waals surface area contributed by atoms with Crippen LogP contribution in [0.25, 0.3) is 6.08 Å². The Morgan fingerprint density at radius 3 is 2.03 bits per heavy atom. The van der Waals surface area contributed by atoms with Crippen molar-refractivity contribution in [2.45, 2.75) is 0 Å². The number of amides is 4. The average molecular weight is 427 g/mol. The van der Waals surface area contributed by atoms with Crippen molar-refractivity contribution in [1.82, 2.24) is 5.32 Å². The number of nitrogens with one attached hydrogen (secondary N) is 1. The maximum absolute atomic E-state index is 13.0. The van der Waals surface area contributed by atoms with E-state index >= 15 is 0 Å². The smallest absolute Gasteiger partial charge is 0.335 e. The van der Waals surface area contributed by atoms with Gasteiger partial charge in [-0.2, -0.15) is 0 Å². The van der Waals surface area contributed by atoms with Gasteiger partial charge in [-0.25, -0.2) is 9.69 Å². The van der Waals surface area contributed by atoms with E-state index in [-0.39, 0.29) is 16.9 Å². The summed E-state index contributed by atoms with van der Waals surface area (Å²) in [5.41, 5.74) is -0.0903. The molecular weight excluding hydrogens is 410 g/mol. The molecule has 0 aromatic heterocycles. The quantitative estimate of drug-likeness (QED) is 0.321. The maximum atomic E-state index is 13.0. The summed E-state index contributed by atoms with van der Waals surface area (Å²) < 4.78 is 15.8. The van der Waals surface area contributed by atoms with E-state index in [1.165, 1.54) is 51.7 Å². The first-order valence-electron chi connectivity index (χ1n) is 8.76. The van der Waals surface area contributed by atoms with Gasteiger partial charge >= 0.3 is 6.03 Å². The van der Waals surface area contributed by atoms with Gasteiger partial charge in [-0.1, -0.05) is 0 Å². The fourth-order valence-corrected chi connectivity index (χ4v) is 2.97. The van der Waals surface area contributed by atoms with E-state index in [0.717, 1.165) is 17.0 Å². The number of nitro benzene ring substituents is 1. The molecule has 1 N–H and O–H groups in total. The zero-order chi connectivity index (χ0) is 22.7. The van der Waals surface area contributed by atoms with Crippen molar-refractivity contribution >= 4 is 35.3 Å². The molecule has 0 radical (unpaired) electrons. The molecule has 0 saturated carbocycles. The summed E-state index contributed by atoms with van der Waals surface area (Å²) >= 11 is 0. The van der Waals surface area contributed by atoms with Crippen molar-refractivity contribution in [3.05, 3.63) is 57.6 Å². The third-order valence-electron chi connectivity index (χ3n) is 4.42. The second-order valence-corrected chi connectivity index (χ2v) is 6.19. The topological polar surface area (TPSA) is 137 Å². The first kappa shape index (κ1) is 21.3. The number of carbonyl (C=O) groups is 3. The van der Waals surface area contributed by atoms with Gasteiger partial charge in [0.05, 0.1) is 31.9 Å². The van der Waals surface area contributed by atoms with Crippen molar-refractivity contribution in [3.63, 3.8) is 0 Å². The molecule has 1 fully saturated rings. The Hall–Kier alpha value is -4.41. The van der Waals surface area contributed by atoms with E-state index in [0.29, 0.717) is 22.8 Å². The van der Waals surface area contributed by atoms with Crippen LogP contribution in [0.4, 0.5) is 16.2 Å². The largest absolute Gasteiger partial charge is 0.493 e. The summed E-state index contributed by atoms with van der Waals surface area (Å²) in [5.74, 6) is -0.839. The van der Waals surface area contributed by atoms with Crippen LogP contribution in [0.1, 0.15) is 5.56 Å². The number of nitrogens with zero attached hydrogens (tertiary/aromatic N) is 2. The Labute approximate surface area is 176 Å². The highest BCUT2D eigenvalue weighted by atomic mass is 16.6. The molecule has 0 atom stereocenters. The fraction of sp³-hybridized carbons (Fsp3) is 0.150. The van der Waals surface area contributed by atoms with Crippen molar-refractivity contribution in [1.29, 1.82) is 0 Å². The first-order chi connectivity index (χ1) is 14.8. The molecule has 1 aliphatic rings. The van der Waals surface area contributed by atoms with Gasteiger partial charge in [0, 0.05) is 12.1 Å². The summed E-state index contributed by atoms with van der Waals surface area (Å²) in [6, 6.07) is 6.86. The molecule has 2 aromatic rings. The van der Waals surface area contributed by atoms with Crippen LogP contribution in [0.2, 0.25) is 0 Å². The SMILES string of the molecule is COc1cc(/C=C2\C(=O)NC(=O)N(c3ccc([N+](=O)[O-])cc3)C2=O)cc(OC)c1OC. The molecule has 4 amide bonds. The fourth-order valence-electron chi connectivity index (χ4n) is 2.97. The lowest BCUT2D eigenvalue weighted by Gasteiger charge is -2.26. The van der Waals surface area contributed by atoms with Crippen LogP contribution in [-0.4, -0.2) is 44.1 Å². The monoisotopic (exact) mass is 427 g/mol. The number of carbonyl (C=O) groups excluding carboxylic acids is 3. The van der Waals surface area contributed by atoms with E-state index in [1.54, 1.807) is 0 Å². The lowest BCUT2D eigenvalue weighted by Crippen LogP contribution is -2.54. The number of barbiturate groups is 1. The highest BCUT2D eigenvalue weighted by Gasteiger charge is 2.37. The Bertz CT molecular complexity index is 1080. The molecule has 11 nitrogen and oxygen atoms in total. The lowest BCUT2D eigenvalue weighted by molar-refractivity contribution is -0.384. The molecule has 160 valence electrons. The number of ether oxygens (including phenoxy) is 3. The van der Waals surface area contributed by atoms with Gasteiger partial charge in [-0.05, 0) is 35.9 Å². The Kier molecular flexibility index (Phi) is 5.86. The second-order valence-electron chi connectivity index (χ2n) is 6.19. The number of imide groups is 2. The van der Waals surface area contributed by atoms with Crippen LogP contribution >= 0.6 is 0 Å². The van der Waals surface area contributed by atoms with Gasteiger partial charge in [0.25, 0.3) is 17.5 Å². The standard InChI is InChI=1S/C20H17N3O8/c1-29-15-9-11(10-16(30-2)17(15)31-3)8-14-18(24)21-20(26)22(19(14)25)12-4-6-13(7-5-12)23(27)28/h4-10H,1-3H3,(H,21,24,26)/b14-8+. The van der Waals surface area contributed by atoms with E-state index in [2.05, 4.69) is 5.32 Å². The third kappa shape index (κ3) is 4.01. The van der Waals surface area contributed by atoms with Crippen molar-refractivity contribution in [3.8, 4) is 17.2 Å². The molecule has 0 unspecified atom stereocenters. The summed E-state index contributed by atoms with van der Waals surface area (Å²) in [6.07, 6.45) is 1.27. The maximum Gasteiger partial charge on any atom is 0.335 e. The molecule has 1 aliphatic heterocycles. The molecule has 11 heteroatoms. The van der Waals surface area contributed by atoms with Crippen LogP contribution in [0, 0.1) is 10.1 Å². The zero-order valence-electron chi connectivity index (χ0n) is 16.7. The Balaban J connectivity index is 2.04. The molecule has 3 rings (SSSR count). The molecule has 2 aromatic carbocycles. The number of urea groups is 1. The Morgan fingerprint density at radius 2 is 1.55 bits per heavy atom. The lowest BCUT2D eigenvalue weighted by atomic mass is 10.1. The van der Waals surface area contributed by atoms with Crippen LogP contribution in [0.5, 0.6) is 17.2 Å². The number of nitro groups is 1. The predicted molar refractivity (Wildman–Crippen MR) is 108 cm³/mol. The molecule has 1 saturated heterocycles. The van der Waals surface area contributed by atoms with Gasteiger partial charge in [-0.3, -0.25) is 25.0 Å². The van der Waals surface area contributed by atoms with Crippen molar-refractivity contribution in [2.24, 2.45) is 0 Å². The van der Waals surface area contributed by atoms with Crippen LogP contribution in [-0.2, 0) is 9.59 Å². The van der Waals surface area contributed by atoms with Crippen LogP contribution in [0.15, 0.2) is 42.0 Å². The number of methoxy groups -OCH3 is 3. The number of rotatable bonds is 6. The van der Waals surface area contributed by atoms with Crippen LogP contribution < -0.4 is 24.4 Å². The molecule has 0 bridgehead atoms. The normalized spacial score (nSPS) is 15.0. The zero-order valence-corrected chi connectivity index (χ0v) is 16.7. The van der Waals surface area contributed by atoms with Gasteiger partial charge in [0.1, 0.15) is 5.57 Å². The molecule has 1 heterocycles. The van der Waals surface area contributed by atoms with E-state index < -0.39 is 22.8 Å². The van der Waals surface area contributed by atoms with Crippen molar-refractivity contribution in [2.75, 3.05) is 26.2 Å². The summed E-state index contributed by atoms with van der Waals surface area (Å²) in [6.45, 7) is 0. The van der Waals surface area contributed by atoms with Gasteiger partial charge in [0.15, 0.2) is 11.5 Å². The third-order valence-corrected chi connectivity index (χ3v) is 4.42. The minimum Gasteiger partial charge on any atom is -0.493 e. The molecular formula is C20H17N3O8. The number of benzene rings is 2. The number of non-ortho nitro benzene ring substituents is 1. The van der Waals surface area contributed by atoms with E-state index in [1.807, 2.05) is 0 Å². The van der Waals surface area contributed by atoms with Gasteiger partial charge in [0.2, 0.25) is 5.75 Å². The van der Waals surface area contributed by atoms with Crippen LogP contribution in [0.3, 0.4) is 0 Å². The second kappa shape index (κ2) is 8.53. The minimum absolute atomic E-state index is 0.0661. The summed E-state index contributed by atoms with van der Waals surface area (Å²) in [7, 11) is 4.27. The molecule has 0 aliphatic carbocycles. The first-order valence-corrected chi connectivity index (χ1v) is 8.76. The highest BCUT2D eigenvalue weighted by molar-refractivity contribution is 6.39. The van der Waals surface area contributed by atoms with E-state index in [4.69, 9.17) is 14.2 Å². The van der Waals surface area contributed by atoms with Gasteiger partial charge < -0.3 is 14.2 Å². The number of anilines is 1. The van der Waals surface area contributed by atoms with Crippen molar-refractivity contribution < 1.29 is 33.5 Å². The molecule has 0 spiro atoms. The average Bonchev–Trinajstić information content (AvgIpc) is 2.76. The van der Waals surface area contributed by atoms with E-state index in [9.17, 15) is 24.5 Å². The highest BCUT2D eigenvalue weighted by Crippen LogP contribution is 2.39. The summed E-state index contributed by atoms with van der Waals surface area (Å²) in [5, 5.41) is 12.9. The minimum atomic E-state index is -0.967. The number of hydrogen-bond acceptors (Lipinski definition) is 8. The predicted octanol–water partition coefficient (Wildman–Crippen LogP) is 2.29.